The van der Waals surface area contributed by atoms with Crippen molar-refractivity contribution in [3.05, 3.63) is 0 Å². The highest BCUT2D eigenvalue weighted by molar-refractivity contribution is 5.84. The van der Waals surface area contributed by atoms with Crippen LogP contribution in [-0.4, -0.2) is 23.5 Å². The van der Waals surface area contributed by atoms with E-state index in [-0.39, 0.29) is 17.9 Å². The summed E-state index contributed by atoms with van der Waals surface area (Å²) in [6, 6.07) is 0. The summed E-state index contributed by atoms with van der Waals surface area (Å²) in [6.45, 7) is 6.04. The number of hydrogen-bond acceptors (Lipinski definition) is 2. The van der Waals surface area contributed by atoms with Gasteiger partial charge in [0.2, 0.25) is 5.91 Å². The minimum Gasteiger partial charge on any atom is -0.481 e. The van der Waals surface area contributed by atoms with Crippen LogP contribution < -0.4 is 5.32 Å². The van der Waals surface area contributed by atoms with Gasteiger partial charge in [-0.15, -0.1) is 0 Å². The molecule has 1 aliphatic rings. The molecule has 0 atom stereocenters. The van der Waals surface area contributed by atoms with Crippen molar-refractivity contribution < 1.29 is 14.7 Å². The summed E-state index contributed by atoms with van der Waals surface area (Å²) < 4.78 is 0. The maximum absolute atomic E-state index is 12.4. The third-order valence-electron chi connectivity index (χ3n) is 5.11. The van der Waals surface area contributed by atoms with Crippen LogP contribution in [-0.2, 0) is 9.59 Å². The molecule has 4 nitrogen and oxygen atoms in total. The van der Waals surface area contributed by atoms with Gasteiger partial charge in [0, 0.05) is 12.0 Å². The van der Waals surface area contributed by atoms with E-state index in [1.165, 1.54) is 0 Å². The molecule has 2 N–H and O–H groups in total. The van der Waals surface area contributed by atoms with Crippen LogP contribution in [0.25, 0.3) is 0 Å². The van der Waals surface area contributed by atoms with Crippen LogP contribution in [0.3, 0.4) is 0 Å². The highest BCUT2D eigenvalue weighted by atomic mass is 16.4. The fraction of sp³-hybridized carbons (Fsp3) is 0.867. The van der Waals surface area contributed by atoms with E-state index >= 15 is 0 Å². The van der Waals surface area contributed by atoms with Gasteiger partial charge >= 0.3 is 5.97 Å². The molecule has 4 heteroatoms. The Morgan fingerprint density at radius 1 is 1.16 bits per heavy atom. The Bertz CT molecular complexity index is 328. The first-order valence-electron chi connectivity index (χ1n) is 7.48. The molecule has 0 unspecified atom stereocenters. The first-order chi connectivity index (χ1) is 8.96. The van der Waals surface area contributed by atoms with Crippen molar-refractivity contribution in [2.45, 2.75) is 65.7 Å². The number of carboxylic acids is 1. The SMILES string of the molecule is CCC(CC)(CNC(=O)C1(CC)CCCC1)C(=O)O. The molecule has 19 heavy (non-hydrogen) atoms. The van der Waals surface area contributed by atoms with Crippen LogP contribution >= 0.6 is 0 Å². The number of carbonyl (C=O) groups excluding carboxylic acids is 1. The molecule has 0 spiro atoms. The maximum atomic E-state index is 12.4. The monoisotopic (exact) mass is 269 g/mol. The summed E-state index contributed by atoms with van der Waals surface area (Å²) in [5.41, 5.74) is -1.06. The van der Waals surface area contributed by atoms with Crippen LogP contribution in [0, 0.1) is 10.8 Å². The third-order valence-corrected chi connectivity index (χ3v) is 5.11. The second-order valence-electron chi connectivity index (χ2n) is 5.82. The average molecular weight is 269 g/mol. The van der Waals surface area contributed by atoms with E-state index in [2.05, 4.69) is 12.2 Å². The van der Waals surface area contributed by atoms with E-state index in [4.69, 9.17) is 0 Å². The number of carbonyl (C=O) groups is 2. The molecule has 0 bridgehead atoms. The third kappa shape index (κ3) is 3.10. The summed E-state index contributed by atoms with van der Waals surface area (Å²) in [5.74, 6) is -0.755. The maximum Gasteiger partial charge on any atom is 0.311 e. The van der Waals surface area contributed by atoms with Crippen LogP contribution in [0.2, 0.25) is 0 Å². The van der Waals surface area contributed by atoms with Crippen LogP contribution in [0.1, 0.15) is 65.7 Å². The molecule has 0 radical (unpaired) electrons. The van der Waals surface area contributed by atoms with E-state index in [0.717, 1.165) is 32.1 Å². The van der Waals surface area contributed by atoms with Crippen molar-refractivity contribution in [3.8, 4) is 0 Å². The van der Waals surface area contributed by atoms with Crippen LogP contribution in [0.4, 0.5) is 0 Å². The second-order valence-corrected chi connectivity index (χ2v) is 5.82. The molecule has 0 heterocycles. The van der Waals surface area contributed by atoms with Crippen LogP contribution in [0.5, 0.6) is 0 Å². The van der Waals surface area contributed by atoms with Crippen molar-refractivity contribution in [3.63, 3.8) is 0 Å². The van der Waals surface area contributed by atoms with Gasteiger partial charge in [0.15, 0.2) is 0 Å². The lowest BCUT2D eigenvalue weighted by atomic mass is 9.80. The van der Waals surface area contributed by atoms with Gasteiger partial charge in [-0.1, -0.05) is 33.6 Å². The van der Waals surface area contributed by atoms with E-state index in [1.807, 2.05) is 13.8 Å². The van der Waals surface area contributed by atoms with E-state index in [9.17, 15) is 14.7 Å². The van der Waals surface area contributed by atoms with Gasteiger partial charge in [0.05, 0.1) is 5.41 Å². The predicted molar refractivity (Wildman–Crippen MR) is 74.9 cm³/mol. The van der Waals surface area contributed by atoms with Crippen molar-refractivity contribution in [1.29, 1.82) is 0 Å². The first-order valence-corrected chi connectivity index (χ1v) is 7.48. The summed E-state index contributed by atoms with van der Waals surface area (Å²) >= 11 is 0. The molecule has 0 aliphatic heterocycles. The standard InChI is InChI=1S/C15H27NO3/c1-4-14(5-2,13(18)19)11-16-12(17)15(6-3)9-7-8-10-15/h4-11H2,1-3H3,(H,16,17)(H,18,19). The van der Waals surface area contributed by atoms with Gasteiger partial charge in [0.1, 0.15) is 0 Å². The molecule has 0 aromatic carbocycles. The summed E-state index contributed by atoms with van der Waals surface area (Å²) in [5, 5.41) is 12.3. The lowest BCUT2D eigenvalue weighted by molar-refractivity contribution is -0.149. The van der Waals surface area contributed by atoms with Crippen molar-refractivity contribution in [1.82, 2.24) is 5.32 Å². The highest BCUT2D eigenvalue weighted by Crippen LogP contribution is 2.41. The first kappa shape index (κ1) is 16.0. The number of nitrogens with one attached hydrogen (secondary N) is 1. The molecule has 0 aromatic heterocycles. The Labute approximate surface area is 116 Å². The molecule has 1 rings (SSSR count). The number of carboxylic acid groups (broad SMARTS) is 1. The summed E-state index contributed by atoms with van der Waals surface area (Å²) in [4.78, 5) is 23.8. The smallest absolute Gasteiger partial charge is 0.311 e. The zero-order chi connectivity index (χ0) is 14.5. The van der Waals surface area contributed by atoms with Crippen molar-refractivity contribution >= 4 is 11.9 Å². The zero-order valence-electron chi connectivity index (χ0n) is 12.4. The van der Waals surface area contributed by atoms with Crippen molar-refractivity contribution in [2.75, 3.05) is 6.54 Å². The number of rotatable bonds is 7. The van der Waals surface area contributed by atoms with Gasteiger partial charge in [-0.2, -0.15) is 0 Å². The number of hydrogen-bond donors (Lipinski definition) is 2. The largest absolute Gasteiger partial charge is 0.481 e. The Balaban J connectivity index is 2.69. The Morgan fingerprint density at radius 2 is 1.68 bits per heavy atom. The molecule has 0 aromatic rings. The molecular formula is C15H27NO3. The minimum absolute atomic E-state index is 0.0556. The normalized spacial score (nSPS) is 18.3. The molecule has 1 saturated carbocycles. The molecule has 0 saturated heterocycles. The van der Waals surface area contributed by atoms with Gasteiger partial charge < -0.3 is 10.4 Å². The fourth-order valence-electron chi connectivity index (χ4n) is 3.11. The zero-order valence-corrected chi connectivity index (χ0v) is 12.4. The molecule has 1 amide bonds. The lowest BCUT2D eigenvalue weighted by Crippen LogP contribution is -2.47. The number of aliphatic carboxylic acids is 1. The summed E-state index contributed by atoms with van der Waals surface area (Å²) in [7, 11) is 0. The molecular weight excluding hydrogens is 242 g/mol. The fourth-order valence-corrected chi connectivity index (χ4v) is 3.11. The molecule has 110 valence electrons. The molecule has 1 aliphatic carbocycles. The van der Waals surface area contributed by atoms with Gasteiger partial charge in [-0.05, 0) is 32.1 Å². The van der Waals surface area contributed by atoms with Crippen molar-refractivity contribution in [2.24, 2.45) is 10.8 Å². The quantitative estimate of drug-likeness (QED) is 0.746. The van der Waals surface area contributed by atoms with Gasteiger partial charge in [-0.25, -0.2) is 0 Å². The van der Waals surface area contributed by atoms with Gasteiger partial charge in [-0.3, -0.25) is 9.59 Å². The Hall–Kier alpha value is -1.06. The number of amides is 1. The lowest BCUT2D eigenvalue weighted by Gasteiger charge is -2.31. The van der Waals surface area contributed by atoms with Crippen LogP contribution in [0.15, 0.2) is 0 Å². The van der Waals surface area contributed by atoms with E-state index in [0.29, 0.717) is 12.8 Å². The van der Waals surface area contributed by atoms with E-state index < -0.39 is 11.4 Å². The van der Waals surface area contributed by atoms with E-state index in [1.54, 1.807) is 0 Å². The van der Waals surface area contributed by atoms with Gasteiger partial charge in [0.25, 0.3) is 0 Å². The Kier molecular flexibility index (Phi) is 5.39. The summed E-state index contributed by atoms with van der Waals surface area (Å²) in [6.07, 6.45) is 6.01. The average Bonchev–Trinajstić information content (AvgIpc) is 2.90. The predicted octanol–water partition coefficient (Wildman–Crippen LogP) is 2.96. The topological polar surface area (TPSA) is 66.4 Å². The Morgan fingerprint density at radius 3 is 2.05 bits per heavy atom. The second kappa shape index (κ2) is 6.40. The molecule has 1 fully saturated rings. The minimum atomic E-state index is -0.816. The highest BCUT2D eigenvalue weighted by Gasteiger charge is 2.41.